The molecule has 2 aromatic carbocycles. The summed E-state index contributed by atoms with van der Waals surface area (Å²) < 4.78 is 6.00. The van der Waals surface area contributed by atoms with E-state index in [-0.39, 0.29) is 5.91 Å². The Labute approximate surface area is 130 Å². The van der Waals surface area contributed by atoms with Crippen molar-refractivity contribution in [3.05, 3.63) is 53.1 Å². The monoisotopic (exact) mass is 318 g/mol. The molecule has 0 atom stereocenters. The number of amides is 1. The van der Waals surface area contributed by atoms with Gasteiger partial charge in [-0.2, -0.15) is 0 Å². The summed E-state index contributed by atoms with van der Waals surface area (Å²) >= 11 is 7.33. The average Bonchev–Trinajstić information content (AvgIpc) is 2.88. The van der Waals surface area contributed by atoms with Gasteiger partial charge < -0.3 is 4.74 Å². The molecule has 6 heteroatoms. The summed E-state index contributed by atoms with van der Waals surface area (Å²) in [6.07, 6.45) is 0. The SMILES string of the molecule is COc1ccc(C(=O)Nc2nc3ccc(Cl)cc3s2)cc1. The smallest absolute Gasteiger partial charge is 0.257 e. The molecule has 21 heavy (non-hydrogen) atoms. The van der Waals surface area contributed by atoms with Crippen LogP contribution in [0.2, 0.25) is 5.02 Å². The van der Waals surface area contributed by atoms with Crippen LogP contribution in [0, 0.1) is 0 Å². The zero-order valence-electron chi connectivity index (χ0n) is 11.1. The molecule has 106 valence electrons. The van der Waals surface area contributed by atoms with Crippen molar-refractivity contribution < 1.29 is 9.53 Å². The molecule has 1 N–H and O–H groups in total. The van der Waals surface area contributed by atoms with Crippen LogP contribution in [0.15, 0.2) is 42.5 Å². The Morgan fingerprint density at radius 2 is 2.00 bits per heavy atom. The van der Waals surface area contributed by atoms with E-state index in [1.54, 1.807) is 37.4 Å². The summed E-state index contributed by atoms with van der Waals surface area (Å²) in [6, 6.07) is 12.3. The predicted octanol–water partition coefficient (Wildman–Crippen LogP) is 4.21. The quantitative estimate of drug-likeness (QED) is 0.787. The molecule has 0 aliphatic heterocycles. The number of thiazole rings is 1. The summed E-state index contributed by atoms with van der Waals surface area (Å²) in [6.45, 7) is 0. The molecule has 0 unspecified atom stereocenters. The van der Waals surface area contributed by atoms with Crippen LogP contribution in [0.25, 0.3) is 10.2 Å². The molecule has 0 saturated heterocycles. The molecule has 3 aromatic rings. The Hall–Kier alpha value is -2.11. The van der Waals surface area contributed by atoms with Gasteiger partial charge in [-0.15, -0.1) is 0 Å². The highest BCUT2D eigenvalue weighted by Crippen LogP contribution is 2.28. The number of methoxy groups -OCH3 is 1. The normalized spacial score (nSPS) is 10.6. The first-order valence-corrected chi connectivity index (χ1v) is 7.36. The number of halogens is 1. The molecule has 0 radical (unpaired) electrons. The highest BCUT2D eigenvalue weighted by Gasteiger charge is 2.10. The number of nitrogens with one attached hydrogen (secondary N) is 1. The van der Waals surface area contributed by atoms with E-state index in [4.69, 9.17) is 16.3 Å². The number of ether oxygens (including phenoxy) is 1. The van der Waals surface area contributed by atoms with Crippen molar-refractivity contribution in [3.63, 3.8) is 0 Å². The van der Waals surface area contributed by atoms with Crippen molar-refractivity contribution in [1.29, 1.82) is 0 Å². The van der Waals surface area contributed by atoms with Crippen LogP contribution in [-0.2, 0) is 0 Å². The van der Waals surface area contributed by atoms with E-state index < -0.39 is 0 Å². The first-order chi connectivity index (χ1) is 10.2. The van der Waals surface area contributed by atoms with Gasteiger partial charge in [0.1, 0.15) is 5.75 Å². The van der Waals surface area contributed by atoms with Gasteiger partial charge in [-0.05, 0) is 42.5 Å². The lowest BCUT2D eigenvalue weighted by Crippen LogP contribution is -2.11. The molecule has 0 saturated carbocycles. The molecule has 0 aliphatic rings. The molecule has 1 amide bonds. The van der Waals surface area contributed by atoms with Crippen LogP contribution in [0.4, 0.5) is 5.13 Å². The maximum Gasteiger partial charge on any atom is 0.257 e. The van der Waals surface area contributed by atoms with Gasteiger partial charge in [-0.25, -0.2) is 4.98 Å². The van der Waals surface area contributed by atoms with Gasteiger partial charge in [0, 0.05) is 10.6 Å². The molecule has 4 nitrogen and oxygen atoms in total. The average molecular weight is 319 g/mol. The number of fused-ring (bicyclic) bond motifs is 1. The highest BCUT2D eigenvalue weighted by atomic mass is 35.5. The van der Waals surface area contributed by atoms with E-state index in [0.717, 1.165) is 10.2 Å². The highest BCUT2D eigenvalue weighted by molar-refractivity contribution is 7.22. The lowest BCUT2D eigenvalue weighted by molar-refractivity contribution is 0.102. The van der Waals surface area contributed by atoms with Crippen molar-refractivity contribution in [3.8, 4) is 5.75 Å². The second-order valence-corrected chi connectivity index (χ2v) is 5.78. The van der Waals surface area contributed by atoms with E-state index in [1.807, 2.05) is 12.1 Å². The van der Waals surface area contributed by atoms with Crippen LogP contribution < -0.4 is 10.1 Å². The topological polar surface area (TPSA) is 51.2 Å². The van der Waals surface area contributed by atoms with Gasteiger partial charge in [-0.1, -0.05) is 22.9 Å². The Morgan fingerprint density at radius 1 is 1.24 bits per heavy atom. The van der Waals surface area contributed by atoms with Gasteiger partial charge >= 0.3 is 0 Å². The van der Waals surface area contributed by atoms with E-state index >= 15 is 0 Å². The maximum absolute atomic E-state index is 12.1. The number of hydrogen-bond acceptors (Lipinski definition) is 4. The van der Waals surface area contributed by atoms with E-state index in [2.05, 4.69) is 10.3 Å². The van der Waals surface area contributed by atoms with Gasteiger partial charge in [0.2, 0.25) is 0 Å². The summed E-state index contributed by atoms with van der Waals surface area (Å²) in [5, 5.41) is 3.99. The standard InChI is InChI=1S/C15H11ClN2O2S/c1-20-11-5-2-9(3-6-11)14(19)18-15-17-12-7-4-10(16)8-13(12)21-15/h2-8H,1H3,(H,17,18,19). The zero-order chi connectivity index (χ0) is 14.8. The van der Waals surface area contributed by atoms with Gasteiger partial charge in [0.05, 0.1) is 17.3 Å². The molecular formula is C15H11ClN2O2S. The second-order valence-electron chi connectivity index (χ2n) is 4.31. The first kappa shape index (κ1) is 13.9. The van der Waals surface area contributed by atoms with Crippen LogP contribution in [-0.4, -0.2) is 18.0 Å². The number of nitrogens with zero attached hydrogens (tertiary/aromatic N) is 1. The summed E-state index contributed by atoms with van der Waals surface area (Å²) in [7, 11) is 1.58. The van der Waals surface area contributed by atoms with Crippen molar-refractivity contribution in [2.75, 3.05) is 12.4 Å². The molecule has 1 heterocycles. The van der Waals surface area contributed by atoms with Gasteiger partial charge in [-0.3, -0.25) is 10.1 Å². The van der Waals surface area contributed by atoms with Crippen molar-refractivity contribution in [2.24, 2.45) is 0 Å². The lowest BCUT2D eigenvalue weighted by Gasteiger charge is -2.03. The Morgan fingerprint density at radius 3 is 2.71 bits per heavy atom. The lowest BCUT2D eigenvalue weighted by atomic mass is 10.2. The van der Waals surface area contributed by atoms with Crippen LogP contribution in [0.3, 0.4) is 0 Å². The van der Waals surface area contributed by atoms with E-state index in [1.165, 1.54) is 11.3 Å². The minimum Gasteiger partial charge on any atom is -0.497 e. The minimum atomic E-state index is -0.206. The molecule has 0 fully saturated rings. The van der Waals surface area contributed by atoms with Crippen LogP contribution in [0.1, 0.15) is 10.4 Å². The number of anilines is 1. The van der Waals surface area contributed by atoms with Crippen molar-refractivity contribution in [1.82, 2.24) is 4.98 Å². The largest absolute Gasteiger partial charge is 0.497 e. The summed E-state index contributed by atoms with van der Waals surface area (Å²) in [5.41, 5.74) is 1.36. The fraction of sp³-hybridized carbons (Fsp3) is 0.0667. The minimum absolute atomic E-state index is 0.206. The number of benzene rings is 2. The number of carbonyl (C=O) groups is 1. The molecule has 1 aromatic heterocycles. The third kappa shape index (κ3) is 2.99. The Bertz CT molecular complexity index is 799. The first-order valence-electron chi connectivity index (χ1n) is 6.17. The molecule has 0 bridgehead atoms. The van der Waals surface area contributed by atoms with Crippen molar-refractivity contribution >= 4 is 44.2 Å². The molecular weight excluding hydrogens is 308 g/mol. The van der Waals surface area contributed by atoms with E-state index in [9.17, 15) is 4.79 Å². The summed E-state index contributed by atoms with van der Waals surface area (Å²) in [5.74, 6) is 0.504. The van der Waals surface area contributed by atoms with Gasteiger partial charge in [0.25, 0.3) is 5.91 Å². The summed E-state index contributed by atoms with van der Waals surface area (Å²) in [4.78, 5) is 16.5. The molecule has 3 rings (SSSR count). The molecule has 0 aliphatic carbocycles. The second kappa shape index (κ2) is 5.71. The van der Waals surface area contributed by atoms with Crippen LogP contribution in [0.5, 0.6) is 5.75 Å². The number of hydrogen-bond donors (Lipinski definition) is 1. The number of aromatic nitrogens is 1. The van der Waals surface area contributed by atoms with E-state index in [0.29, 0.717) is 21.5 Å². The predicted molar refractivity (Wildman–Crippen MR) is 85.6 cm³/mol. The Balaban J connectivity index is 1.81. The number of rotatable bonds is 3. The number of carbonyl (C=O) groups excluding carboxylic acids is 1. The van der Waals surface area contributed by atoms with Crippen molar-refractivity contribution in [2.45, 2.75) is 0 Å². The third-order valence-electron chi connectivity index (χ3n) is 2.92. The zero-order valence-corrected chi connectivity index (χ0v) is 12.7. The maximum atomic E-state index is 12.1. The third-order valence-corrected chi connectivity index (χ3v) is 4.09. The van der Waals surface area contributed by atoms with Gasteiger partial charge in [0.15, 0.2) is 5.13 Å². The fourth-order valence-corrected chi connectivity index (χ4v) is 3.00. The Kier molecular flexibility index (Phi) is 3.77. The molecule has 0 spiro atoms. The van der Waals surface area contributed by atoms with Crippen LogP contribution >= 0.6 is 22.9 Å². The fourth-order valence-electron chi connectivity index (χ4n) is 1.86.